The van der Waals surface area contributed by atoms with E-state index in [1.165, 1.54) is 0 Å². The van der Waals surface area contributed by atoms with Crippen molar-refractivity contribution >= 4 is 11.6 Å². The molecule has 1 unspecified atom stereocenters. The maximum atomic E-state index is 8.56. The number of benzene rings is 1. The Kier molecular flexibility index (Phi) is 4.08. The molecule has 0 aliphatic carbocycles. The predicted molar refractivity (Wildman–Crippen MR) is 48.0 cm³/mol. The normalized spacial score (nSPS) is 12.8. The number of aliphatic hydroxyl groups is 1. The molecule has 66 valence electrons. The lowest BCUT2D eigenvalue weighted by Crippen LogP contribution is -2.09. The maximum absolute atomic E-state index is 8.56. The first kappa shape index (κ1) is 9.52. The van der Waals surface area contributed by atoms with E-state index in [1.54, 1.807) is 0 Å². The van der Waals surface area contributed by atoms with Crippen LogP contribution < -0.4 is 0 Å². The van der Waals surface area contributed by atoms with Gasteiger partial charge in [-0.2, -0.15) is 0 Å². The fraction of sp³-hybridized carbons (Fsp3) is 0.333. The van der Waals surface area contributed by atoms with Gasteiger partial charge in [0.15, 0.2) is 5.56 Å². The largest absolute Gasteiger partial charge is 0.392 e. The molecule has 1 atom stereocenters. The highest BCUT2D eigenvalue weighted by Gasteiger charge is 2.01. The van der Waals surface area contributed by atoms with Crippen molar-refractivity contribution in [1.82, 2.24) is 0 Å². The van der Waals surface area contributed by atoms with E-state index in [9.17, 15) is 0 Å². The lowest BCUT2D eigenvalue weighted by atomic mass is 10.2. The summed E-state index contributed by atoms with van der Waals surface area (Å²) in [6, 6.07) is 9.69. The van der Waals surface area contributed by atoms with Crippen molar-refractivity contribution in [2.24, 2.45) is 0 Å². The lowest BCUT2D eigenvalue weighted by molar-refractivity contribution is 0.0530. The van der Waals surface area contributed by atoms with Gasteiger partial charge in [-0.1, -0.05) is 41.9 Å². The van der Waals surface area contributed by atoms with Crippen molar-refractivity contribution in [2.45, 2.75) is 12.2 Å². The summed E-state index contributed by atoms with van der Waals surface area (Å²) >= 11 is 5.54. The van der Waals surface area contributed by atoms with Gasteiger partial charge in [0, 0.05) is 0 Å². The predicted octanol–water partition coefficient (Wildman–Crippen LogP) is 1.76. The molecule has 0 aromatic heterocycles. The first-order valence-electron chi connectivity index (χ1n) is 3.73. The Balaban J connectivity index is 2.33. The quantitative estimate of drug-likeness (QED) is 0.727. The van der Waals surface area contributed by atoms with Crippen LogP contribution in [0, 0.1) is 0 Å². The number of ether oxygens (including phenoxy) is 1. The van der Waals surface area contributed by atoms with Crippen LogP contribution in [0.25, 0.3) is 0 Å². The number of alkyl halides is 1. The molecule has 1 rings (SSSR count). The highest BCUT2D eigenvalue weighted by atomic mass is 35.5. The Morgan fingerprint density at radius 3 is 2.58 bits per heavy atom. The minimum atomic E-state index is -0.606. The van der Waals surface area contributed by atoms with Crippen LogP contribution in [0.5, 0.6) is 0 Å². The zero-order valence-electron chi connectivity index (χ0n) is 6.61. The summed E-state index contributed by atoms with van der Waals surface area (Å²) in [6.45, 7) is 0.282. The van der Waals surface area contributed by atoms with Crippen molar-refractivity contribution in [3.05, 3.63) is 35.9 Å². The first-order chi connectivity index (χ1) is 5.83. The summed E-state index contributed by atoms with van der Waals surface area (Å²) in [7, 11) is 0. The second-order valence-corrected chi connectivity index (χ2v) is 2.88. The van der Waals surface area contributed by atoms with Gasteiger partial charge in [0.1, 0.15) is 0 Å². The minimum Gasteiger partial charge on any atom is -0.392 e. The Bertz CT molecular complexity index is 213. The maximum Gasteiger partial charge on any atom is 0.154 e. The van der Waals surface area contributed by atoms with E-state index in [4.69, 9.17) is 21.4 Å². The molecule has 0 saturated heterocycles. The number of rotatable bonds is 4. The Labute approximate surface area is 76.7 Å². The van der Waals surface area contributed by atoms with Gasteiger partial charge in [0.05, 0.1) is 13.2 Å². The number of aliphatic hydroxyl groups excluding tert-OH is 1. The fourth-order valence-corrected chi connectivity index (χ4v) is 0.877. The molecule has 0 radical (unpaired) electrons. The molecule has 3 heteroatoms. The standard InChI is InChI=1S/C9H11ClO2/c10-9(6-11)12-7-8-4-2-1-3-5-8/h1-5,9,11H,6-7H2. The fourth-order valence-electron chi connectivity index (χ4n) is 0.814. The highest BCUT2D eigenvalue weighted by molar-refractivity contribution is 6.19. The SMILES string of the molecule is OCC(Cl)OCc1ccccc1. The molecule has 1 N–H and O–H groups in total. The van der Waals surface area contributed by atoms with E-state index in [0.717, 1.165) is 5.56 Å². The van der Waals surface area contributed by atoms with Crippen LogP contribution in [0.2, 0.25) is 0 Å². The van der Waals surface area contributed by atoms with Crippen molar-refractivity contribution in [3.63, 3.8) is 0 Å². The minimum absolute atomic E-state index is 0.158. The smallest absolute Gasteiger partial charge is 0.154 e. The summed E-state index contributed by atoms with van der Waals surface area (Å²) in [5.41, 5.74) is 0.446. The van der Waals surface area contributed by atoms with Crippen LogP contribution in [0.4, 0.5) is 0 Å². The molecule has 1 aromatic carbocycles. The second kappa shape index (κ2) is 5.14. The molecule has 0 bridgehead atoms. The van der Waals surface area contributed by atoms with Gasteiger partial charge >= 0.3 is 0 Å². The monoisotopic (exact) mass is 186 g/mol. The van der Waals surface area contributed by atoms with Gasteiger partial charge in [0.25, 0.3) is 0 Å². The number of hydrogen-bond acceptors (Lipinski definition) is 2. The molecule has 0 aliphatic heterocycles. The zero-order valence-corrected chi connectivity index (χ0v) is 7.37. The lowest BCUT2D eigenvalue weighted by Gasteiger charge is -2.07. The van der Waals surface area contributed by atoms with E-state index < -0.39 is 5.56 Å². The van der Waals surface area contributed by atoms with Crippen LogP contribution in [0.3, 0.4) is 0 Å². The van der Waals surface area contributed by atoms with Gasteiger partial charge in [0.2, 0.25) is 0 Å². The summed E-state index contributed by atoms with van der Waals surface area (Å²) in [5.74, 6) is 0. The molecule has 12 heavy (non-hydrogen) atoms. The van der Waals surface area contributed by atoms with Gasteiger partial charge in [-0.05, 0) is 5.56 Å². The van der Waals surface area contributed by atoms with Crippen molar-refractivity contribution in [2.75, 3.05) is 6.61 Å². The van der Waals surface area contributed by atoms with E-state index in [1.807, 2.05) is 30.3 Å². The summed E-state index contributed by atoms with van der Waals surface area (Å²) < 4.78 is 5.09. The van der Waals surface area contributed by atoms with Gasteiger partial charge in [-0.25, -0.2) is 0 Å². The van der Waals surface area contributed by atoms with E-state index in [0.29, 0.717) is 6.61 Å². The second-order valence-electron chi connectivity index (χ2n) is 2.39. The van der Waals surface area contributed by atoms with Crippen LogP contribution in [-0.2, 0) is 11.3 Å². The molecule has 0 aliphatic rings. The third-order valence-corrected chi connectivity index (χ3v) is 1.68. The van der Waals surface area contributed by atoms with E-state index >= 15 is 0 Å². The average Bonchev–Trinajstić information content (AvgIpc) is 2.16. The summed E-state index contributed by atoms with van der Waals surface area (Å²) in [6.07, 6.45) is 0. The Hall–Kier alpha value is -0.570. The van der Waals surface area contributed by atoms with Crippen LogP contribution in [0.1, 0.15) is 5.56 Å². The molecule has 0 fully saturated rings. The molecule has 0 heterocycles. The average molecular weight is 187 g/mol. The number of halogens is 1. The highest BCUT2D eigenvalue weighted by Crippen LogP contribution is 2.04. The Morgan fingerprint density at radius 2 is 2.00 bits per heavy atom. The van der Waals surface area contributed by atoms with Crippen LogP contribution in [-0.4, -0.2) is 17.3 Å². The topological polar surface area (TPSA) is 29.5 Å². The third-order valence-electron chi connectivity index (χ3n) is 1.42. The summed E-state index contributed by atoms with van der Waals surface area (Å²) in [5, 5.41) is 8.56. The molecule has 1 aromatic rings. The third kappa shape index (κ3) is 3.22. The van der Waals surface area contributed by atoms with E-state index in [2.05, 4.69) is 0 Å². The zero-order chi connectivity index (χ0) is 8.81. The molecule has 2 nitrogen and oxygen atoms in total. The van der Waals surface area contributed by atoms with Gasteiger partial charge in [-0.15, -0.1) is 0 Å². The van der Waals surface area contributed by atoms with Crippen LogP contribution >= 0.6 is 11.6 Å². The van der Waals surface area contributed by atoms with Gasteiger partial charge in [-0.3, -0.25) is 0 Å². The van der Waals surface area contributed by atoms with Crippen LogP contribution in [0.15, 0.2) is 30.3 Å². The first-order valence-corrected chi connectivity index (χ1v) is 4.17. The number of hydrogen-bond donors (Lipinski definition) is 1. The molecule has 0 saturated carbocycles. The molecular weight excluding hydrogens is 176 g/mol. The molecule has 0 spiro atoms. The van der Waals surface area contributed by atoms with E-state index in [-0.39, 0.29) is 6.61 Å². The summed E-state index contributed by atoms with van der Waals surface area (Å²) in [4.78, 5) is 0. The van der Waals surface area contributed by atoms with Crippen molar-refractivity contribution in [1.29, 1.82) is 0 Å². The molecular formula is C9H11ClO2. The van der Waals surface area contributed by atoms with Crippen molar-refractivity contribution < 1.29 is 9.84 Å². The molecule has 0 amide bonds. The van der Waals surface area contributed by atoms with Gasteiger partial charge < -0.3 is 9.84 Å². The Morgan fingerprint density at radius 1 is 1.33 bits per heavy atom. The van der Waals surface area contributed by atoms with Crippen molar-refractivity contribution in [3.8, 4) is 0 Å².